The third-order valence-corrected chi connectivity index (χ3v) is 5.50. The van der Waals surface area contributed by atoms with Crippen molar-refractivity contribution in [2.45, 2.75) is 19.4 Å². The average molecular weight is 410 g/mol. The summed E-state index contributed by atoms with van der Waals surface area (Å²) in [5.41, 5.74) is 4.41. The van der Waals surface area contributed by atoms with Crippen LogP contribution in [-0.2, 0) is 6.42 Å². The Morgan fingerprint density at radius 3 is 2.71 bits per heavy atom. The van der Waals surface area contributed by atoms with Crippen molar-refractivity contribution in [3.05, 3.63) is 95.9 Å². The van der Waals surface area contributed by atoms with E-state index in [4.69, 9.17) is 0 Å². The number of hydrogen-bond acceptors (Lipinski definition) is 5. The summed E-state index contributed by atoms with van der Waals surface area (Å²) in [6.07, 6.45) is 4.43. The molecule has 0 bridgehead atoms. The highest BCUT2D eigenvalue weighted by atomic mass is 16.2. The normalized spacial score (nSPS) is 13.6. The van der Waals surface area contributed by atoms with Crippen LogP contribution in [0.15, 0.2) is 79.1 Å². The molecule has 4 aromatic rings. The number of aromatic nitrogens is 4. The Labute approximate surface area is 180 Å². The van der Waals surface area contributed by atoms with Crippen LogP contribution in [0.4, 0.5) is 11.5 Å². The maximum absolute atomic E-state index is 13.4. The van der Waals surface area contributed by atoms with Gasteiger partial charge in [0.1, 0.15) is 11.5 Å². The molecule has 0 radical (unpaired) electrons. The zero-order chi connectivity index (χ0) is 21.2. The predicted octanol–water partition coefficient (Wildman–Crippen LogP) is 4.04. The van der Waals surface area contributed by atoms with Crippen LogP contribution in [-0.4, -0.2) is 32.4 Å². The molecule has 0 aliphatic carbocycles. The first-order valence-corrected chi connectivity index (χ1v) is 10.3. The molecule has 1 unspecified atom stereocenters. The number of nitrogens with zero attached hydrogens (tertiary/aromatic N) is 5. The van der Waals surface area contributed by atoms with Gasteiger partial charge >= 0.3 is 0 Å². The van der Waals surface area contributed by atoms with Crippen molar-refractivity contribution in [3.63, 3.8) is 0 Å². The van der Waals surface area contributed by atoms with Gasteiger partial charge in [0.2, 0.25) is 0 Å². The van der Waals surface area contributed by atoms with Gasteiger partial charge in [-0.3, -0.25) is 4.79 Å². The Morgan fingerprint density at radius 2 is 1.84 bits per heavy atom. The molecule has 0 fully saturated rings. The molecule has 154 valence electrons. The predicted molar refractivity (Wildman–Crippen MR) is 119 cm³/mol. The number of hydrogen-bond donors (Lipinski definition) is 1. The van der Waals surface area contributed by atoms with Gasteiger partial charge in [0, 0.05) is 18.4 Å². The van der Waals surface area contributed by atoms with Crippen LogP contribution < -0.4 is 10.2 Å². The van der Waals surface area contributed by atoms with E-state index < -0.39 is 0 Å². The lowest BCUT2D eigenvalue weighted by Crippen LogP contribution is -2.30. The number of rotatable bonds is 5. The molecule has 2 aromatic carbocycles. The van der Waals surface area contributed by atoms with Gasteiger partial charge in [-0.25, -0.2) is 9.67 Å². The molecule has 0 saturated carbocycles. The Balaban J connectivity index is 1.38. The average Bonchev–Trinajstić information content (AvgIpc) is 3.47. The monoisotopic (exact) mass is 410 g/mol. The SMILES string of the molecule is CC(Nc1ncccc1C(=O)N1CCc2ccccc21)c1cn(-c2ccccc2)nn1. The summed E-state index contributed by atoms with van der Waals surface area (Å²) >= 11 is 0. The lowest BCUT2D eigenvalue weighted by atomic mass is 10.1. The van der Waals surface area contributed by atoms with E-state index in [0.29, 0.717) is 17.9 Å². The first kappa shape index (κ1) is 19.0. The van der Waals surface area contributed by atoms with Gasteiger partial charge in [0.15, 0.2) is 0 Å². The van der Waals surface area contributed by atoms with Gasteiger partial charge in [0.25, 0.3) is 5.91 Å². The highest BCUT2D eigenvalue weighted by Gasteiger charge is 2.27. The van der Waals surface area contributed by atoms with Crippen molar-refractivity contribution in [2.75, 3.05) is 16.8 Å². The Morgan fingerprint density at radius 1 is 1.03 bits per heavy atom. The van der Waals surface area contributed by atoms with Crippen LogP contribution in [0.25, 0.3) is 5.69 Å². The van der Waals surface area contributed by atoms with Crippen LogP contribution in [0.5, 0.6) is 0 Å². The molecule has 31 heavy (non-hydrogen) atoms. The summed E-state index contributed by atoms with van der Waals surface area (Å²) in [5.74, 6) is 0.485. The van der Waals surface area contributed by atoms with Crippen LogP contribution in [0.2, 0.25) is 0 Å². The Hall–Kier alpha value is -4.00. The van der Waals surface area contributed by atoms with E-state index in [9.17, 15) is 4.79 Å². The molecule has 3 heterocycles. The lowest BCUT2D eigenvalue weighted by Gasteiger charge is -2.20. The summed E-state index contributed by atoms with van der Waals surface area (Å²) in [5, 5.41) is 11.9. The van der Waals surface area contributed by atoms with E-state index in [1.165, 1.54) is 5.56 Å². The fourth-order valence-corrected chi connectivity index (χ4v) is 3.85. The van der Waals surface area contributed by atoms with Crippen LogP contribution in [0.1, 0.15) is 34.6 Å². The molecule has 7 nitrogen and oxygen atoms in total. The number of carbonyl (C=O) groups is 1. The van der Waals surface area contributed by atoms with Crippen molar-refractivity contribution in [1.82, 2.24) is 20.0 Å². The molecule has 5 rings (SSSR count). The summed E-state index contributed by atoms with van der Waals surface area (Å²) in [6, 6.07) is 21.3. The topological polar surface area (TPSA) is 75.9 Å². The number of nitrogens with one attached hydrogen (secondary N) is 1. The summed E-state index contributed by atoms with van der Waals surface area (Å²) < 4.78 is 1.74. The van der Waals surface area contributed by atoms with Crippen molar-refractivity contribution >= 4 is 17.4 Å². The standard InChI is InChI=1S/C24H22N6O/c1-17(21-16-30(28-27-21)19-9-3-2-4-10-19)26-23-20(11-7-14-25-23)24(31)29-15-13-18-8-5-6-12-22(18)29/h2-12,14,16-17H,13,15H2,1H3,(H,25,26). The fraction of sp³-hybridized carbons (Fsp3) is 0.167. The van der Waals surface area contributed by atoms with E-state index in [1.807, 2.05) is 72.6 Å². The van der Waals surface area contributed by atoms with Crippen molar-refractivity contribution in [3.8, 4) is 5.69 Å². The number of fused-ring (bicyclic) bond motifs is 1. The highest BCUT2D eigenvalue weighted by Crippen LogP contribution is 2.30. The molecule has 0 saturated heterocycles. The first-order chi connectivity index (χ1) is 15.2. The van der Waals surface area contributed by atoms with Crippen molar-refractivity contribution in [1.29, 1.82) is 0 Å². The fourth-order valence-electron chi connectivity index (χ4n) is 3.85. The van der Waals surface area contributed by atoms with E-state index in [-0.39, 0.29) is 11.9 Å². The zero-order valence-electron chi connectivity index (χ0n) is 17.1. The van der Waals surface area contributed by atoms with Gasteiger partial charge in [0.05, 0.1) is 23.5 Å². The van der Waals surface area contributed by atoms with E-state index in [0.717, 1.165) is 23.5 Å². The minimum atomic E-state index is -0.176. The minimum Gasteiger partial charge on any atom is -0.361 e. The Bertz CT molecular complexity index is 1220. The molecule has 1 aliphatic heterocycles. The van der Waals surface area contributed by atoms with Gasteiger partial charge in [-0.05, 0) is 49.2 Å². The lowest BCUT2D eigenvalue weighted by molar-refractivity contribution is 0.0990. The second-order valence-corrected chi connectivity index (χ2v) is 7.52. The van der Waals surface area contributed by atoms with Gasteiger partial charge in [-0.1, -0.05) is 41.6 Å². The largest absolute Gasteiger partial charge is 0.361 e. The molecule has 1 N–H and O–H groups in total. The molecular formula is C24H22N6O. The highest BCUT2D eigenvalue weighted by molar-refractivity contribution is 6.10. The summed E-state index contributed by atoms with van der Waals surface area (Å²) in [7, 11) is 0. The zero-order valence-corrected chi connectivity index (χ0v) is 17.1. The second-order valence-electron chi connectivity index (χ2n) is 7.52. The number of para-hydroxylation sites is 2. The smallest absolute Gasteiger partial charge is 0.262 e. The number of carbonyl (C=O) groups excluding carboxylic acids is 1. The van der Waals surface area contributed by atoms with E-state index >= 15 is 0 Å². The molecule has 0 spiro atoms. The summed E-state index contributed by atoms with van der Waals surface area (Å²) in [4.78, 5) is 19.6. The number of benzene rings is 2. The van der Waals surface area contributed by atoms with Gasteiger partial charge < -0.3 is 10.2 Å². The maximum Gasteiger partial charge on any atom is 0.262 e. The van der Waals surface area contributed by atoms with E-state index in [2.05, 4.69) is 26.7 Å². The third-order valence-electron chi connectivity index (χ3n) is 5.50. The van der Waals surface area contributed by atoms with Crippen LogP contribution >= 0.6 is 0 Å². The second kappa shape index (κ2) is 8.02. The molecule has 1 aliphatic rings. The van der Waals surface area contributed by atoms with Crippen LogP contribution in [0, 0.1) is 0 Å². The van der Waals surface area contributed by atoms with Crippen molar-refractivity contribution in [2.24, 2.45) is 0 Å². The molecular weight excluding hydrogens is 388 g/mol. The maximum atomic E-state index is 13.4. The van der Waals surface area contributed by atoms with Gasteiger partial charge in [-0.2, -0.15) is 0 Å². The third kappa shape index (κ3) is 3.66. The quantitative estimate of drug-likeness (QED) is 0.537. The first-order valence-electron chi connectivity index (χ1n) is 10.3. The van der Waals surface area contributed by atoms with Crippen LogP contribution in [0.3, 0.4) is 0 Å². The number of amides is 1. The minimum absolute atomic E-state index is 0.0549. The molecule has 7 heteroatoms. The van der Waals surface area contributed by atoms with Gasteiger partial charge in [-0.15, -0.1) is 5.10 Å². The van der Waals surface area contributed by atoms with Crippen molar-refractivity contribution < 1.29 is 4.79 Å². The van der Waals surface area contributed by atoms with E-state index in [1.54, 1.807) is 16.9 Å². The Kier molecular flexibility index (Phi) is 4.92. The molecule has 2 aromatic heterocycles. The summed E-state index contributed by atoms with van der Waals surface area (Å²) in [6.45, 7) is 2.65. The number of anilines is 2. The number of pyridine rings is 1. The molecule has 1 amide bonds. The molecule has 1 atom stereocenters.